The van der Waals surface area contributed by atoms with Crippen LogP contribution in [0.2, 0.25) is 0 Å². The number of rotatable bonds is 5. The molecule has 0 atom stereocenters. The van der Waals surface area contributed by atoms with Gasteiger partial charge in [0.2, 0.25) is 0 Å². The number of nitrogens with two attached hydrogens (primary N) is 1. The van der Waals surface area contributed by atoms with Crippen LogP contribution in [0.3, 0.4) is 0 Å². The van der Waals surface area contributed by atoms with E-state index in [2.05, 4.69) is 25.2 Å². The fourth-order valence-electron chi connectivity index (χ4n) is 1.03. The van der Waals surface area contributed by atoms with Crippen molar-refractivity contribution in [1.29, 1.82) is 0 Å². The van der Waals surface area contributed by atoms with Crippen molar-refractivity contribution in [3.63, 3.8) is 0 Å². The van der Waals surface area contributed by atoms with Crippen molar-refractivity contribution in [2.45, 2.75) is 33.6 Å². The smallest absolute Gasteiger partial charge is 0.0270 e. The molecule has 1 heteroatoms. The summed E-state index contributed by atoms with van der Waals surface area (Å²) in [7, 11) is 0. The van der Waals surface area contributed by atoms with Crippen LogP contribution in [0.15, 0.2) is 47.7 Å². The summed E-state index contributed by atoms with van der Waals surface area (Å²) in [5.74, 6) is 0. The second kappa shape index (κ2) is 8.36. The molecule has 2 N–H and O–H groups in total. The van der Waals surface area contributed by atoms with Crippen LogP contribution in [0, 0.1) is 0 Å². The average molecular weight is 191 g/mol. The van der Waals surface area contributed by atoms with Gasteiger partial charge in [0.25, 0.3) is 0 Å². The molecule has 0 aliphatic heterocycles. The molecule has 0 spiro atoms. The zero-order valence-corrected chi connectivity index (χ0v) is 9.46. The van der Waals surface area contributed by atoms with E-state index >= 15 is 0 Å². The van der Waals surface area contributed by atoms with Gasteiger partial charge in [-0.05, 0) is 32.8 Å². The Morgan fingerprint density at radius 1 is 1.21 bits per heavy atom. The normalized spacial score (nSPS) is 14.5. The summed E-state index contributed by atoms with van der Waals surface area (Å²) in [6.07, 6.45) is 14.3. The van der Waals surface area contributed by atoms with E-state index in [0.717, 1.165) is 18.5 Å². The third kappa shape index (κ3) is 6.30. The molecule has 0 aromatic heterocycles. The first-order valence-corrected chi connectivity index (χ1v) is 5.13. The predicted molar refractivity (Wildman–Crippen MR) is 64.9 cm³/mol. The lowest BCUT2D eigenvalue weighted by molar-refractivity contribution is 1.02. The van der Waals surface area contributed by atoms with Gasteiger partial charge in [0.05, 0.1) is 0 Å². The van der Waals surface area contributed by atoms with E-state index < -0.39 is 0 Å². The van der Waals surface area contributed by atoms with Crippen molar-refractivity contribution in [3.8, 4) is 0 Å². The van der Waals surface area contributed by atoms with Crippen LogP contribution < -0.4 is 5.73 Å². The van der Waals surface area contributed by atoms with E-state index in [4.69, 9.17) is 5.73 Å². The van der Waals surface area contributed by atoms with Crippen LogP contribution in [0.1, 0.15) is 33.6 Å². The SMILES string of the molecule is C/C=C\C=C/C/C(=C/C(N)=C\C)CC. The van der Waals surface area contributed by atoms with Crippen LogP contribution in [0.5, 0.6) is 0 Å². The average Bonchev–Trinajstić information content (AvgIpc) is 2.22. The summed E-state index contributed by atoms with van der Waals surface area (Å²) in [4.78, 5) is 0. The first-order chi connectivity index (χ1) is 6.74. The molecule has 14 heavy (non-hydrogen) atoms. The summed E-state index contributed by atoms with van der Waals surface area (Å²) >= 11 is 0. The maximum Gasteiger partial charge on any atom is 0.0270 e. The molecular formula is C13H21N. The van der Waals surface area contributed by atoms with Crippen molar-refractivity contribution in [2.75, 3.05) is 0 Å². The molecule has 0 radical (unpaired) electrons. The molecule has 0 amide bonds. The lowest BCUT2D eigenvalue weighted by Crippen LogP contribution is -1.93. The third-order valence-electron chi connectivity index (χ3n) is 1.98. The minimum atomic E-state index is 0.848. The third-order valence-corrected chi connectivity index (χ3v) is 1.98. The van der Waals surface area contributed by atoms with E-state index in [-0.39, 0.29) is 0 Å². The fraction of sp³-hybridized carbons (Fsp3) is 0.385. The molecule has 0 aliphatic carbocycles. The molecule has 0 aromatic carbocycles. The first kappa shape index (κ1) is 12.8. The van der Waals surface area contributed by atoms with Gasteiger partial charge in [0.15, 0.2) is 0 Å². The molecule has 1 nitrogen and oxygen atoms in total. The molecule has 0 saturated carbocycles. The van der Waals surface area contributed by atoms with Crippen LogP contribution in [-0.2, 0) is 0 Å². The monoisotopic (exact) mass is 191 g/mol. The molecule has 0 heterocycles. The van der Waals surface area contributed by atoms with E-state index in [0.29, 0.717) is 0 Å². The molecule has 78 valence electrons. The van der Waals surface area contributed by atoms with Crippen molar-refractivity contribution in [3.05, 3.63) is 47.7 Å². The summed E-state index contributed by atoms with van der Waals surface area (Å²) in [5.41, 5.74) is 7.94. The fourth-order valence-corrected chi connectivity index (χ4v) is 1.03. The van der Waals surface area contributed by atoms with Crippen molar-refractivity contribution in [1.82, 2.24) is 0 Å². The Labute approximate surface area is 87.7 Å². The summed E-state index contributed by atoms with van der Waals surface area (Å²) in [6, 6.07) is 0. The van der Waals surface area contributed by atoms with Crippen LogP contribution in [0.25, 0.3) is 0 Å². The van der Waals surface area contributed by atoms with Gasteiger partial charge < -0.3 is 5.73 Å². The molecule has 0 unspecified atom stereocenters. The number of hydrogen-bond acceptors (Lipinski definition) is 1. The highest BCUT2D eigenvalue weighted by atomic mass is 14.5. The predicted octanol–water partition coefficient (Wildman–Crippen LogP) is 3.71. The Hall–Kier alpha value is -1.24. The number of allylic oxidation sites excluding steroid dienone is 7. The maximum absolute atomic E-state index is 5.73. The Morgan fingerprint density at radius 3 is 2.43 bits per heavy atom. The maximum atomic E-state index is 5.73. The molecule has 0 rings (SSSR count). The highest BCUT2D eigenvalue weighted by Gasteiger charge is 1.91. The molecule has 0 saturated heterocycles. The molecule has 0 aromatic rings. The summed E-state index contributed by atoms with van der Waals surface area (Å²) in [5, 5.41) is 0. The van der Waals surface area contributed by atoms with E-state index in [1.54, 1.807) is 0 Å². The number of hydrogen-bond donors (Lipinski definition) is 1. The van der Waals surface area contributed by atoms with Gasteiger partial charge in [-0.25, -0.2) is 0 Å². The highest BCUT2D eigenvalue weighted by Crippen LogP contribution is 2.09. The Balaban J connectivity index is 4.23. The lowest BCUT2D eigenvalue weighted by atomic mass is 10.1. The van der Waals surface area contributed by atoms with Gasteiger partial charge in [0.1, 0.15) is 0 Å². The summed E-state index contributed by atoms with van der Waals surface area (Å²) in [6.45, 7) is 6.12. The molecule has 0 bridgehead atoms. The van der Waals surface area contributed by atoms with Crippen molar-refractivity contribution in [2.24, 2.45) is 5.73 Å². The van der Waals surface area contributed by atoms with Gasteiger partial charge >= 0.3 is 0 Å². The Morgan fingerprint density at radius 2 is 1.93 bits per heavy atom. The van der Waals surface area contributed by atoms with Gasteiger partial charge in [0, 0.05) is 5.70 Å². The first-order valence-electron chi connectivity index (χ1n) is 5.13. The Bertz CT molecular complexity index is 254. The standard InChI is InChI=1S/C13H21N/c1-4-7-8-9-10-12(5-2)11-13(14)6-3/h4,6-9,11H,5,10,14H2,1-3H3/b7-4-,9-8-,12-11+,13-6+. The van der Waals surface area contributed by atoms with Crippen molar-refractivity contribution >= 4 is 0 Å². The van der Waals surface area contributed by atoms with Crippen LogP contribution in [0.4, 0.5) is 0 Å². The van der Waals surface area contributed by atoms with E-state index in [9.17, 15) is 0 Å². The van der Waals surface area contributed by atoms with E-state index in [1.165, 1.54) is 5.57 Å². The second-order valence-electron chi connectivity index (χ2n) is 3.10. The zero-order valence-electron chi connectivity index (χ0n) is 9.46. The van der Waals surface area contributed by atoms with Crippen LogP contribution >= 0.6 is 0 Å². The topological polar surface area (TPSA) is 26.0 Å². The second-order valence-corrected chi connectivity index (χ2v) is 3.10. The van der Waals surface area contributed by atoms with Crippen molar-refractivity contribution < 1.29 is 0 Å². The molecule has 0 fully saturated rings. The largest absolute Gasteiger partial charge is 0.399 e. The minimum Gasteiger partial charge on any atom is -0.399 e. The lowest BCUT2D eigenvalue weighted by Gasteiger charge is -2.00. The summed E-state index contributed by atoms with van der Waals surface area (Å²) < 4.78 is 0. The quantitative estimate of drug-likeness (QED) is 0.659. The van der Waals surface area contributed by atoms with Gasteiger partial charge in [-0.2, -0.15) is 0 Å². The van der Waals surface area contributed by atoms with Crippen LogP contribution in [-0.4, -0.2) is 0 Å². The molecule has 0 aliphatic rings. The zero-order chi connectivity index (χ0) is 10.8. The highest BCUT2D eigenvalue weighted by molar-refractivity contribution is 5.22. The minimum absolute atomic E-state index is 0.848. The Kier molecular flexibility index (Phi) is 7.62. The van der Waals surface area contributed by atoms with Gasteiger partial charge in [-0.15, -0.1) is 0 Å². The van der Waals surface area contributed by atoms with Gasteiger partial charge in [-0.3, -0.25) is 0 Å². The van der Waals surface area contributed by atoms with Gasteiger partial charge in [-0.1, -0.05) is 42.9 Å². The van der Waals surface area contributed by atoms with E-state index in [1.807, 2.05) is 32.1 Å². The molecular weight excluding hydrogens is 170 g/mol.